The Balaban J connectivity index is 1.64. The van der Waals surface area contributed by atoms with Gasteiger partial charge in [-0.05, 0) is 30.3 Å². The Labute approximate surface area is 167 Å². The third-order valence-corrected chi connectivity index (χ3v) is 5.14. The van der Waals surface area contributed by atoms with E-state index in [0.29, 0.717) is 27.0 Å². The Morgan fingerprint density at radius 3 is 2.78 bits per heavy atom. The molecule has 0 radical (unpaired) electrons. The molecule has 1 N–H and O–H groups in total. The monoisotopic (exact) mass is 416 g/mol. The number of benzene rings is 2. The van der Waals surface area contributed by atoms with Crippen molar-refractivity contribution in [3.63, 3.8) is 0 Å². The molecular weight excluding hydrogens is 407 g/mol. The quantitative estimate of drug-likeness (QED) is 0.449. The summed E-state index contributed by atoms with van der Waals surface area (Å²) in [5, 5.41) is 6.15. The fourth-order valence-electron chi connectivity index (χ4n) is 2.53. The molecule has 0 aliphatic heterocycles. The van der Waals surface area contributed by atoms with Crippen LogP contribution >= 0.6 is 34.5 Å². The number of fused-ring (bicyclic) bond motifs is 1. The van der Waals surface area contributed by atoms with E-state index in [2.05, 4.69) is 10.3 Å². The van der Waals surface area contributed by atoms with Gasteiger partial charge in [-0.25, -0.2) is 9.78 Å². The molecule has 0 saturated heterocycles. The summed E-state index contributed by atoms with van der Waals surface area (Å²) < 4.78 is 5.33. The molecule has 2 aromatic carbocycles. The molecular formula is C19H10Cl2N2O3S. The van der Waals surface area contributed by atoms with Gasteiger partial charge in [-0.2, -0.15) is 0 Å². The third kappa shape index (κ3) is 3.60. The number of thiazole rings is 1. The first-order chi connectivity index (χ1) is 13.0. The summed E-state index contributed by atoms with van der Waals surface area (Å²) in [6.45, 7) is 0. The molecule has 0 saturated carbocycles. The summed E-state index contributed by atoms with van der Waals surface area (Å²) in [7, 11) is 0. The lowest BCUT2D eigenvalue weighted by molar-refractivity contribution is 0.102. The van der Waals surface area contributed by atoms with E-state index in [0.717, 1.165) is 5.39 Å². The van der Waals surface area contributed by atoms with Gasteiger partial charge in [-0.3, -0.25) is 10.1 Å². The van der Waals surface area contributed by atoms with Crippen LogP contribution in [0.4, 0.5) is 5.13 Å². The van der Waals surface area contributed by atoms with Crippen LogP contribution in [0.15, 0.2) is 63.1 Å². The van der Waals surface area contributed by atoms with Crippen LogP contribution in [0.5, 0.6) is 0 Å². The zero-order valence-corrected chi connectivity index (χ0v) is 15.9. The number of rotatable bonds is 3. The minimum Gasteiger partial charge on any atom is -0.422 e. The number of hydrogen-bond donors (Lipinski definition) is 1. The van der Waals surface area contributed by atoms with Crippen LogP contribution in [0.1, 0.15) is 10.4 Å². The number of nitrogens with one attached hydrogen (secondary N) is 1. The highest BCUT2D eigenvalue weighted by Crippen LogP contribution is 2.27. The van der Waals surface area contributed by atoms with Crippen LogP contribution in [0.3, 0.4) is 0 Å². The minimum absolute atomic E-state index is 0.242. The second-order valence-electron chi connectivity index (χ2n) is 5.60. The first-order valence-corrected chi connectivity index (χ1v) is 9.40. The van der Waals surface area contributed by atoms with Crippen LogP contribution in [-0.4, -0.2) is 10.9 Å². The summed E-state index contributed by atoms with van der Waals surface area (Å²) in [5.41, 5.74) is 1.00. The molecule has 4 aromatic rings. The van der Waals surface area contributed by atoms with Crippen molar-refractivity contribution >= 4 is 56.5 Å². The Morgan fingerprint density at radius 1 is 1.11 bits per heavy atom. The molecule has 0 aliphatic rings. The standard InChI is InChI=1S/C19H10Cl2N2O3S/c20-11-5-6-14(21)12(8-11)17(24)23-19-22-15(9-27-19)13-7-10-3-1-2-4-16(10)26-18(13)25/h1-9H,(H,22,23,24). The number of aromatic nitrogens is 1. The fraction of sp³-hybridized carbons (Fsp3) is 0. The Bertz CT molecular complexity index is 1230. The number of amides is 1. The first kappa shape index (κ1) is 17.7. The average molecular weight is 417 g/mol. The van der Waals surface area contributed by atoms with E-state index < -0.39 is 11.5 Å². The molecule has 0 spiro atoms. The smallest absolute Gasteiger partial charge is 0.345 e. The molecule has 0 fully saturated rings. The highest BCUT2D eigenvalue weighted by Gasteiger charge is 2.15. The fourth-order valence-corrected chi connectivity index (χ4v) is 3.61. The summed E-state index contributed by atoms with van der Waals surface area (Å²) in [4.78, 5) is 29.0. The van der Waals surface area contributed by atoms with Crippen molar-refractivity contribution in [2.24, 2.45) is 0 Å². The number of hydrogen-bond acceptors (Lipinski definition) is 5. The molecule has 0 bridgehead atoms. The predicted molar refractivity (Wildman–Crippen MR) is 108 cm³/mol. The van der Waals surface area contributed by atoms with Gasteiger partial charge in [0.05, 0.1) is 21.8 Å². The largest absolute Gasteiger partial charge is 0.422 e. The molecule has 0 atom stereocenters. The Morgan fingerprint density at radius 2 is 1.93 bits per heavy atom. The Kier molecular flexibility index (Phi) is 4.70. The van der Waals surface area contributed by atoms with Crippen molar-refractivity contribution in [1.29, 1.82) is 0 Å². The van der Waals surface area contributed by atoms with Crippen molar-refractivity contribution in [1.82, 2.24) is 4.98 Å². The van der Waals surface area contributed by atoms with Crippen molar-refractivity contribution in [3.8, 4) is 11.3 Å². The average Bonchev–Trinajstić information content (AvgIpc) is 3.11. The van der Waals surface area contributed by atoms with E-state index in [1.54, 1.807) is 35.7 Å². The molecule has 0 unspecified atom stereocenters. The van der Waals surface area contributed by atoms with Gasteiger partial charge in [0.25, 0.3) is 5.91 Å². The number of halogens is 2. The van der Waals surface area contributed by atoms with Crippen molar-refractivity contribution in [2.45, 2.75) is 0 Å². The molecule has 2 aromatic heterocycles. The van der Waals surface area contributed by atoms with E-state index in [1.807, 2.05) is 12.1 Å². The molecule has 27 heavy (non-hydrogen) atoms. The Hall–Kier alpha value is -2.67. The van der Waals surface area contributed by atoms with Crippen LogP contribution in [0.2, 0.25) is 10.0 Å². The molecule has 0 aliphatic carbocycles. The molecule has 5 nitrogen and oxygen atoms in total. The van der Waals surface area contributed by atoms with Crippen LogP contribution in [0, 0.1) is 0 Å². The lowest BCUT2D eigenvalue weighted by Gasteiger charge is -2.04. The molecule has 134 valence electrons. The zero-order chi connectivity index (χ0) is 19.0. The van der Waals surface area contributed by atoms with E-state index in [9.17, 15) is 9.59 Å². The minimum atomic E-state index is -0.491. The summed E-state index contributed by atoms with van der Waals surface area (Å²) >= 11 is 13.2. The maximum Gasteiger partial charge on any atom is 0.345 e. The summed E-state index contributed by atoms with van der Waals surface area (Å²) in [6.07, 6.45) is 0. The molecule has 1 amide bonds. The van der Waals surface area contributed by atoms with Crippen molar-refractivity contribution in [2.75, 3.05) is 5.32 Å². The van der Waals surface area contributed by atoms with E-state index >= 15 is 0 Å². The number of carbonyl (C=O) groups excluding carboxylic acids is 1. The van der Waals surface area contributed by atoms with Gasteiger partial charge in [0.15, 0.2) is 5.13 Å². The lowest BCUT2D eigenvalue weighted by Crippen LogP contribution is -2.12. The van der Waals surface area contributed by atoms with Gasteiger partial charge in [0.1, 0.15) is 5.58 Å². The van der Waals surface area contributed by atoms with Crippen molar-refractivity contribution < 1.29 is 9.21 Å². The first-order valence-electron chi connectivity index (χ1n) is 7.76. The predicted octanol–water partition coefficient (Wildman–Crippen LogP) is 5.48. The molecule has 4 rings (SSSR count). The van der Waals surface area contributed by atoms with Crippen LogP contribution < -0.4 is 10.9 Å². The maximum atomic E-state index is 12.4. The van der Waals surface area contributed by atoms with Gasteiger partial charge in [0, 0.05) is 15.8 Å². The number of anilines is 1. The van der Waals surface area contributed by atoms with E-state index in [1.165, 1.54) is 17.4 Å². The third-order valence-electron chi connectivity index (χ3n) is 3.82. The highest BCUT2D eigenvalue weighted by molar-refractivity contribution is 7.14. The molecule has 2 heterocycles. The van der Waals surface area contributed by atoms with Gasteiger partial charge < -0.3 is 4.42 Å². The number of nitrogens with zero attached hydrogens (tertiary/aromatic N) is 1. The SMILES string of the molecule is O=C(Nc1nc(-c2cc3ccccc3oc2=O)cs1)c1cc(Cl)ccc1Cl. The van der Waals surface area contributed by atoms with Crippen molar-refractivity contribution in [3.05, 3.63) is 79.9 Å². The summed E-state index contributed by atoms with van der Waals surface area (Å²) in [6, 6.07) is 13.6. The topological polar surface area (TPSA) is 72.2 Å². The second-order valence-corrected chi connectivity index (χ2v) is 7.30. The van der Waals surface area contributed by atoms with Gasteiger partial charge >= 0.3 is 5.63 Å². The van der Waals surface area contributed by atoms with Gasteiger partial charge in [-0.1, -0.05) is 41.4 Å². The number of carbonyl (C=O) groups is 1. The van der Waals surface area contributed by atoms with Gasteiger partial charge in [0.2, 0.25) is 0 Å². The lowest BCUT2D eigenvalue weighted by atomic mass is 10.1. The van der Waals surface area contributed by atoms with Crippen LogP contribution in [-0.2, 0) is 0 Å². The normalized spacial score (nSPS) is 10.9. The molecule has 8 heteroatoms. The second kappa shape index (κ2) is 7.15. The zero-order valence-electron chi connectivity index (χ0n) is 13.5. The maximum absolute atomic E-state index is 12.4. The summed E-state index contributed by atoms with van der Waals surface area (Å²) in [5.74, 6) is -0.436. The van der Waals surface area contributed by atoms with E-state index in [4.69, 9.17) is 27.6 Å². The highest BCUT2D eigenvalue weighted by atomic mass is 35.5. The van der Waals surface area contributed by atoms with Gasteiger partial charge in [-0.15, -0.1) is 11.3 Å². The van der Waals surface area contributed by atoms with Crippen LogP contribution in [0.25, 0.3) is 22.2 Å². The van der Waals surface area contributed by atoms with E-state index in [-0.39, 0.29) is 10.6 Å². The number of para-hydroxylation sites is 1.